The number of aryl methyl sites for hydroxylation is 1. The molecule has 1 N–H and O–H groups in total. The van der Waals surface area contributed by atoms with Crippen molar-refractivity contribution in [3.63, 3.8) is 0 Å². The highest BCUT2D eigenvalue weighted by Crippen LogP contribution is 2.30. The summed E-state index contributed by atoms with van der Waals surface area (Å²) >= 11 is 0. The van der Waals surface area contributed by atoms with Crippen LogP contribution in [0.25, 0.3) is 0 Å². The first kappa shape index (κ1) is 19.9. The summed E-state index contributed by atoms with van der Waals surface area (Å²) in [5, 5.41) is 14.6. The van der Waals surface area contributed by atoms with E-state index in [1.54, 1.807) is 6.07 Å². The van der Waals surface area contributed by atoms with E-state index in [1.807, 2.05) is 36.4 Å². The molecule has 2 aromatic rings. The standard InChI is InChI=1S/C21H28N4O3/c1-3-17-4-7-19(8-5-17)28-15-10-22-20-16-18(6-9-21(20)25(26)27)24-13-11-23(2)12-14-24/h4-9,16,22H,3,10-15H2,1-2H3. The van der Waals surface area contributed by atoms with Crippen molar-refractivity contribution in [1.29, 1.82) is 0 Å². The molecule has 0 saturated carbocycles. The van der Waals surface area contributed by atoms with Crippen LogP contribution in [-0.4, -0.2) is 56.2 Å². The molecule has 1 aliphatic heterocycles. The third kappa shape index (κ3) is 5.13. The predicted molar refractivity (Wildman–Crippen MR) is 113 cm³/mol. The zero-order valence-electron chi connectivity index (χ0n) is 16.6. The van der Waals surface area contributed by atoms with E-state index >= 15 is 0 Å². The molecule has 2 aromatic carbocycles. The molecule has 0 spiro atoms. The highest BCUT2D eigenvalue weighted by atomic mass is 16.6. The Labute approximate surface area is 166 Å². The zero-order valence-corrected chi connectivity index (χ0v) is 16.6. The molecule has 1 fully saturated rings. The van der Waals surface area contributed by atoms with Crippen molar-refractivity contribution in [3.05, 3.63) is 58.1 Å². The van der Waals surface area contributed by atoms with E-state index in [-0.39, 0.29) is 10.6 Å². The number of hydrogen-bond acceptors (Lipinski definition) is 6. The Bertz CT molecular complexity index is 787. The molecule has 1 aliphatic rings. The van der Waals surface area contributed by atoms with Crippen molar-refractivity contribution in [2.45, 2.75) is 13.3 Å². The summed E-state index contributed by atoms with van der Waals surface area (Å²) < 4.78 is 5.74. The first-order valence-corrected chi connectivity index (χ1v) is 9.74. The summed E-state index contributed by atoms with van der Waals surface area (Å²) in [6, 6.07) is 13.3. The Kier molecular flexibility index (Phi) is 6.71. The van der Waals surface area contributed by atoms with Crippen LogP contribution in [0.1, 0.15) is 12.5 Å². The number of nitro benzene ring substituents is 1. The molecule has 7 nitrogen and oxygen atoms in total. The topological polar surface area (TPSA) is 70.9 Å². The monoisotopic (exact) mass is 384 g/mol. The third-order valence-electron chi connectivity index (χ3n) is 5.06. The van der Waals surface area contributed by atoms with Crippen molar-refractivity contribution in [2.75, 3.05) is 56.6 Å². The quantitative estimate of drug-likeness (QED) is 0.427. The average molecular weight is 384 g/mol. The molecule has 0 unspecified atom stereocenters. The normalized spacial score (nSPS) is 14.7. The lowest BCUT2D eigenvalue weighted by Gasteiger charge is -2.34. The molecule has 3 rings (SSSR count). The molecule has 7 heteroatoms. The minimum atomic E-state index is -0.347. The summed E-state index contributed by atoms with van der Waals surface area (Å²) in [6.45, 7) is 6.86. The van der Waals surface area contributed by atoms with Crippen molar-refractivity contribution in [2.24, 2.45) is 0 Å². The number of anilines is 2. The van der Waals surface area contributed by atoms with Crippen LogP contribution < -0.4 is 15.0 Å². The van der Waals surface area contributed by atoms with Crippen LogP contribution in [-0.2, 0) is 6.42 Å². The molecule has 0 atom stereocenters. The fraction of sp³-hybridized carbons (Fsp3) is 0.429. The van der Waals surface area contributed by atoms with Crippen LogP contribution in [0.5, 0.6) is 5.75 Å². The first-order valence-electron chi connectivity index (χ1n) is 9.74. The number of rotatable bonds is 8. The molecule has 1 saturated heterocycles. The second kappa shape index (κ2) is 9.41. The van der Waals surface area contributed by atoms with Crippen molar-refractivity contribution >= 4 is 17.1 Å². The number of likely N-dealkylation sites (N-methyl/N-ethyl adjacent to an activating group) is 1. The molecule has 0 aliphatic carbocycles. The Morgan fingerprint density at radius 2 is 1.82 bits per heavy atom. The third-order valence-corrected chi connectivity index (χ3v) is 5.06. The van der Waals surface area contributed by atoms with Crippen LogP contribution >= 0.6 is 0 Å². The van der Waals surface area contributed by atoms with Crippen LogP contribution in [0, 0.1) is 10.1 Å². The minimum Gasteiger partial charge on any atom is -0.492 e. The lowest BCUT2D eigenvalue weighted by atomic mass is 10.2. The van der Waals surface area contributed by atoms with Crippen LogP contribution in [0.2, 0.25) is 0 Å². The van der Waals surface area contributed by atoms with E-state index in [9.17, 15) is 10.1 Å². The fourth-order valence-electron chi connectivity index (χ4n) is 3.26. The predicted octanol–water partition coefficient (Wildman–Crippen LogP) is 3.40. The van der Waals surface area contributed by atoms with Gasteiger partial charge in [0.05, 0.1) is 4.92 Å². The molecule has 0 amide bonds. The summed E-state index contributed by atoms with van der Waals surface area (Å²) in [5.41, 5.74) is 2.90. The van der Waals surface area contributed by atoms with Gasteiger partial charge in [0.2, 0.25) is 0 Å². The number of nitrogens with one attached hydrogen (secondary N) is 1. The number of benzene rings is 2. The minimum absolute atomic E-state index is 0.0881. The number of ether oxygens (including phenoxy) is 1. The molecule has 28 heavy (non-hydrogen) atoms. The summed E-state index contributed by atoms with van der Waals surface area (Å²) in [5.74, 6) is 0.805. The molecular formula is C21H28N4O3. The lowest BCUT2D eigenvalue weighted by molar-refractivity contribution is -0.383. The smallest absolute Gasteiger partial charge is 0.292 e. The van der Waals surface area contributed by atoms with Gasteiger partial charge in [0.1, 0.15) is 18.0 Å². The Hall–Kier alpha value is -2.80. The maximum absolute atomic E-state index is 11.4. The van der Waals surface area contributed by atoms with Gasteiger partial charge in [0.15, 0.2) is 0 Å². The molecule has 1 heterocycles. The summed E-state index contributed by atoms with van der Waals surface area (Å²) in [4.78, 5) is 15.6. The van der Waals surface area contributed by atoms with Gasteiger partial charge in [-0.1, -0.05) is 19.1 Å². The molecular weight excluding hydrogens is 356 g/mol. The number of nitrogens with zero attached hydrogens (tertiary/aromatic N) is 3. The number of piperazine rings is 1. The van der Waals surface area contributed by atoms with Gasteiger partial charge in [-0.15, -0.1) is 0 Å². The van der Waals surface area contributed by atoms with E-state index in [4.69, 9.17) is 4.74 Å². The Morgan fingerprint density at radius 1 is 1.11 bits per heavy atom. The van der Waals surface area contributed by atoms with Gasteiger partial charge in [-0.2, -0.15) is 0 Å². The van der Waals surface area contributed by atoms with E-state index in [0.29, 0.717) is 18.8 Å². The van der Waals surface area contributed by atoms with Crippen molar-refractivity contribution in [1.82, 2.24) is 4.90 Å². The second-order valence-corrected chi connectivity index (χ2v) is 7.02. The van der Waals surface area contributed by atoms with Crippen LogP contribution in [0.3, 0.4) is 0 Å². The summed E-state index contributed by atoms with van der Waals surface area (Å²) in [6.07, 6.45) is 0.995. The van der Waals surface area contributed by atoms with E-state index in [1.165, 1.54) is 5.56 Å². The van der Waals surface area contributed by atoms with E-state index in [2.05, 4.69) is 29.1 Å². The van der Waals surface area contributed by atoms with Crippen LogP contribution in [0.4, 0.5) is 17.1 Å². The SMILES string of the molecule is CCc1ccc(OCCNc2cc(N3CCN(C)CC3)ccc2[N+](=O)[O-])cc1. The first-order chi connectivity index (χ1) is 13.6. The van der Waals surface area contributed by atoms with Crippen molar-refractivity contribution in [3.8, 4) is 5.75 Å². The second-order valence-electron chi connectivity index (χ2n) is 7.02. The Morgan fingerprint density at radius 3 is 2.46 bits per heavy atom. The highest BCUT2D eigenvalue weighted by molar-refractivity contribution is 5.69. The number of nitro groups is 1. The summed E-state index contributed by atoms with van der Waals surface area (Å²) in [7, 11) is 2.11. The largest absolute Gasteiger partial charge is 0.492 e. The average Bonchev–Trinajstić information content (AvgIpc) is 2.72. The van der Waals surface area contributed by atoms with Gasteiger partial charge >= 0.3 is 0 Å². The van der Waals surface area contributed by atoms with E-state index < -0.39 is 0 Å². The molecule has 0 radical (unpaired) electrons. The maximum Gasteiger partial charge on any atom is 0.292 e. The van der Waals surface area contributed by atoms with Crippen molar-refractivity contribution < 1.29 is 9.66 Å². The Balaban J connectivity index is 1.60. The highest BCUT2D eigenvalue weighted by Gasteiger charge is 2.19. The van der Waals surface area contributed by atoms with Gasteiger partial charge in [-0.25, -0.2) is 0 Å². The fourth-order valence-corrected chi connectivity index (χ4v) is 3.26. The van der Waals surface area contributed by atoms with Gasteiger partial charge in [0, 0.05) is 44.5 Å². The van der Waals surface area contributed by atoms with Gasteiger partial charge in [0.25, 0.3) is 5.69 Å². The maximum atomic E-state index is 11.4. The molecule has 0 bridgehead atoms. The number of hydrogen-bond donors (Lipinski definition) is 1. The van der Waals surface area contributed by atoms with Gasteiger partial charge in [-0.3, -0.25) is 10.1 Å². The lowest BCUT2D eigenvalue weighted by Crippen LogP contribution is -2.44. The van der Waals surface area contributed by atoms with Gasteiger partial charge in [-0.05, 0) is 43.3 Å². The van der Waals surface area contributed by atoms with Gasteiger partial charge < -0.3 is 19.9 Å². The van der Waals surface area contributed by atoms with E-state index in [0.717, 1.165) is 44.0 Å². The molecule has 0 aromatic heterocycles. The molecule has 150 valence electrons. The van der Waals surface area contributed by atoms with Crippen LogP contribution in [0.15, 0.2) is 42.5 Å². The zero-order chi connectivity index (χ0) is 19.9.